The van der Waals surface area contributed by atoms with Crippen molar-refractivity contribution in [1.29, 1.82) is 0 Å². The summed E-state index contributed by atoms with van der Waals surface area (Å²) in [7, 11) is 0. The van der Waals surface area contributed by atoms with Crippen molar-refractivity contribution in [2.45, 2.75) is 0 Å². The first-order valence-corrected chi connectivity index (χ1v) is 48.9. The molecule has 0 fully saturated rings. The minimum atomic E-state index is 0.689. The molecule has 28 rings (SSSR count). The van der Waals surface area contributed by atoms with Gasteiger partial charge in [0.2, 0.25) is 0 Å². The Hall–Kier alpha value is -19.2. The lowest BCUT2D eigenvalue weighted by molar-refractivity contribution is 1.19. The van der Waals surface area contributed by atoms with E-state index in [4.69, 9.17) is 15.0 Å². The molecule has 670 valence electrons. The largest absolute Gasteiger partial charge is 0.256 e. The Bertz CT molecular complexity index is 9720. The van der Waals surface area contributed by atoms with E-state index >= 15 is 0 Å². The van der Waals surface area contributed by atoms with Crippen LogP contribution in [0.15, 0.2) is 528 Å². The van der Waals surface area contributed by atoms with Crippen LogP contribution >= 0.6 is 0 Å². The highest BCUT2D eigenvalue weighted by atomic mass is 14.9. The molecule has 28 aromatic rings. The number of hydrogen-bond acceptors (Lipinski definition) is 7. The van der Waals surface area contributed by atoms with Crippen molar-refractivity contribution in [1.82, 2.24) is 34.9 Å². The summed E-state index contributed by atoms with van der Waals surface area (Å²) in [6.07, 6.45) is 9.42. The third kappa shape index (κ3) is 16.0. The fourth-order valence-electron chi connectivity index (χ4n) is 21.5. The maximum Gasteiger partial charge on any atom is 0.160 e. The Morgan fingerprint density at radius 2 is 0.458 bits per heavy atom. The number of benzene rings is 22. The van der Waals surface area contributed by atoms with Gasteiger partial charge in [-0.05, 0) is 277 Å². The van der Waals surface area contributed by atoms with Gasteiger partial charge in [0, 0.05) is 80.9 Å². The van der Waals surface area contributed by atoms with Crippen molar-refractivity contribution in [2.24, 2.45) is 0 Å². The molecule has 7 heteroatoms. The first-order chi connectivity index (χ1) is 71.4. The number of pyridine rings is 5. The van der Waals surface area contributed by atoms with E-state index in [1.165, 1.54) is 174 Å². The second-order valence-electron chi connectivity index (χ2n) is 36.8. The fourth-order valence-corrected chi connectivity index (χ4v) is 21.5. The van der Waals surface area contributed by atoms with Crippen LogP contribution in [0.2, 0.25) is 0 Å². The molecule has 0 amide bonds. The molecule has 6 heterocycles. The Labute approximate surface area is 832 Å². The highest BCUT2D eigenvalue weighted by Crippen LogP contribution is 2.50. The molecule has 0 aliphatic heterocycles. The summed E-state index contributed by atoms with van der Waals surface area (Å²) in [5.41, 5.74) is 28.5. The molecule has 7 nitrogen and oxygen atoms in total. The summed E-state index contributed by atoms with van der Waals surface area (Å²) in [6, 6.07) is 178. The molecule has 0 N–H and O–H groups in total. The lowest BCUT2D eigenvalue weighted by Crippen LogP contribution is -1.97. The van der Waals surface area contributed by atoms with Gasteiger partial charge in [0.1, 0.15) is 0 Å². The van der Waals surface area contributed by atoms with Crippen molar-refractivity contribution in [2.75, 3.05) is 0 Å². The van der Waals surface area contributed by atoms with Gasteiger partial charge in [-0.1, -0.05) is 400 Å². The SMILES string of the molecule is c1ccc(-c2ccc(-c3c4ccccc4c(-c4ccc(-c5ccccn5)cc4)c4cc(-c5cccc6ccccc56)ccc34)cc2)nc1.c1ccc(-c2ccc(-c3nc(-c4cc5ccccc5c5ccccc45)cc(-c4cc5ccccc5c5ccccc45)n3)cc2)nc1.c1ccc2cc(-c3c4ccccc4c(-c4ccc5ccccc5c4)c4cc(-c5ccc(-c6cnc7ccccc7c6)nc5)ccc34)ccc2c1. The van der Waals surface area contributed by atoms with E-state index in [0.29, 0.717) is 5.82 Å². The summed E-state index contributed by atoms with van der Waals surface area (Å²) < 4.78 is 0. The maximum absolute atomic E-state index is 5.27. The van der Waals surface area contributed by atoms with E-state index in [1.807, 2.05) is 91.6 Å². The van der Waals surface area contributed by atoms with Crippen LogP contribution in [0.4, 0.5) is 0 Å². The first kappa shape index (κ1) is 85.2. The summed E-state index contributed by atoms with van der Waals surface area (Å²) >= 11 is 0. The Kier molecular flexibility index (Phi) is 21.9. The van der Waals surface area contributed by atoms with Crippen LogP contribution in [0.25, 0.3) is 275 Å². The van der Waals surface area contributed by atoms with Gasteiger partial charge in [0.25, 0.3) is 0 Å². The zero-order chi connectivity index (χ0) is 95.3. The molecule has 0 saturated heterocycles. The summed E-state index contributed by atoms with van der Waals surface area (Å²) in [5.74, 6) is 0.689. The monoisotopic (exact) mass is 1830 g/mol. The molecule has 0 saturated carbocycles. The second-order valence-corrected chi connectivity index (χ2v) is 36.8. The standard InChI is InChI=1S/C48H30N2.C46H30N2.C43H27N3/c1-3-11-33-25-37(19-17-31(33)9-1)47-41-14-6-7-15-42(41)48(38-20-18-32-10-2-4-12-34(32)26-38)44-28-35(21-23-43(44)47)39-22-24-46(49-29-39)40-27-36-13-5-8-16-45(36)50-30-40;1-2-12-37-31(10-1)11-9-15-38(37)36-26-27-41-42(30-36)46(35-24-20-33(21-25-35)44-17-6-8-29-48-44)40-14-4-3-13-39(40)45(41)34-22-18-32(19-23-34)43-16-5-7-28-47-43;1-3-13-32-30(11-1)25-38(36-17-7-5-15-34(32)36)41-27-42(39-26-31-12-2-4-14-33(31)35-16-6-8-18-37(35)39)46-43(45-41)29-22-20-28(21-23-29)40-19-9-10-24-44-40/h1-30H;1-30H;1-27H. The second kappa shape index (κ2) is 36.9. The Morgan fingerprint density at radius 3 is 0.944 bits per heavy atom. The van der Waals surface area contributed by atoms with Crippen LogP contribution in [0, 0.1) is 0 Å². The molecule has 0 spiro atoms. The van der Waals surface area contributed by atoms with E-state index in [-0.39, 0.29) is 0 Å². The van der Waals surface area contributed by atoms with Gasteiger partial charge >= 0.3 is 0 Å². The minimum Gasteiger partial charge on any atom is -0.256 e. The average Bonchev–Trinajstić information content (AvgIpc) is 0.725. The third-order valence-corrected chi connectivity index (χ3v) is 28.4. The fraction of sp³-hybridized carbons (Fsp3) is 0. The van der Waals surface area contributed by atoms with Crippen LogP contribution in [-0.2, 0) is 0 Å². The number of aromatic nitrogens is 7. The van der Waals surface area contributed by atoms with Crippen molar-refractivity contribution in [3.63, 3.8) is 0 Å². The average molecular weight is 1830 g/mol. The van der Waals surface area contributed by atoms with E-state index in [1.54, 1.807) is 0 Å². The van der Waals surface area contributed by atoms with Crippen LogP contribution in [0.1, 0.15) is 0 Å². The van der Waals surface area contributed by atoms with Crippen molar-refractivity contribution < 1.29 is 0 Å². The molecule has 144 heavy (non-hydrogen) atoms. The van der Waals surface area contributed by atoms with Gasteiger partial charge in [-0.25, -0.2) is 9.97 Å². The quantitative estimate of drug-likeness (QED) is 0.0839. The van der Waals surface area contributed by atoms with Crippen molar-refractivity contribution in [3.8, 4) is 146 Å². The van der Waals surface area contributed by atoms with Crippen molar-refractivity contribution in [3.05, 3.63) is 528 Å². The van der Waals surface area contributed by atoms with Gasteiger partial charge in [-0.15, -0.1) is 0 Å². The molecule has 6 aromatic heterocycles. The van der Waals surface area contributed by atoms with Gasteiger partial charge in [-0.2, -0.15) is 0 Å². The van der Waals surface area contributed by atoms with Gasteiger partial charge in [-0.3, -0.25) is 24.9 Å². The number of nitrogens with zero attached hydrogens (tertiary/aromatic N) is 7. The predicted molar refractivity (Wildman–Crippen MR) is 605 cm³/mol. The first-order valence-electron chi connectivity index (χ1n) is 48.9. The summed E-state index contributed by atoms with van der Waals surface area (Å²) in [4.78, 5) is 33.8. The molecule has 22 aromatic carbocycles. The zero-order valence-corrected chi connectivity index (χ0v) is 78.4. The summed E-state index contributed by atoms with van der Waals surface area (Å²) in [6.45, 7) is 0. The smallest absolute Gasteiger partial charge is 0.160 e. The number of hydrogen-bond donors (Lipinski definition) is 0. The molecule has 0 atom stereocenters. The molecule has 0 aliphatic rings. The highest BCUT2D eigenvalue weighted by Gasteiger charge is 2.24. The molecule has 0 radical (unpaired) electrons. The lowest BCUT2D eigenvalue weighted by Gasteiger charge is -2.19. The van der Waals surface area contributed by atoms with E-state index < -0.39 is 0 Å². The molecular weight excluding hydrogens is 1740 g/mol. The molecule has 0 bridgehead atoms. The van der Waals surface area contributed by atoms with Gasteiger partial charge in [0.05, 0.1) is 39.7 Å². The normalized spacial score (nSPS) is 11.5. The van der Waals surface area contributed by atoms with E-state index in [2.05, 4.69) is 457 Å². The van der Waals surface area contributed by atoms with Crippen LogP contribution in [-0.4, -0.2) is 34.9 Å². The Balaban J connectivity index is 0.000000110. The highest BCUT2D eigenvalue weighted by molar-refractivity contribution is 6.25. The maximum atomic E-state index is 5.27. The van der Waals surface area contributed by atoms with E-state index in [0.717, 1.165) is 95.1 Å². The number of para-hydroxylation sites is 1. The van der Waals surface area contributed by atoms with Crippen LogP contribution in [0.5, 0.6) is 0 Å². The molecule has 0 unspecified atom stereocenters. The van der Waals surface area contributed by atoms with Gasteiger partial charge < -0.3 is 0 Å². The molecular formula is C137H87N7. The van der Waals surface area contributed by atoms with Crippen LogP contribution < -0.4 is 0 Å². The van der Waals surface area contributed by atoms with E-state index in [9.17, 15) is 0 Å². The Morgan fingerprint density at radius 1 is 0.125 bits per heavy atom. The lowest BCUT2D eigenvalue weighted by atomic mass is 9.84. The zero-order valence-electron chi connectivity index (χ0n) is 78.4. The minimum absolute atomic E-state index is 0.689. The van der Waals surface area contributed by atoms with Crippen molar-refractivity contribution >= 4 is 129 Å². The topological polar surface area (TPSA) is 90.2 Å². The number of rotatable bonds is 13. The third-order valence-electron chi connectivity index (χ3n) is 28.4. The van der Waals surface area contributed by atoms with Crippen LogP contribution in [0.3, 0.4) is 0 Å². The predicted octanol–water partition coefficient (Wildman–Crippen LogP) is 36.3. The number of fused-ring (bicyclic) bond motifs is 14. The molecule has 0 aliphatic carbocycles. The summed E-state index contributed by atoms with van der Waals surface area (Å²) in [5, 5.41) is 28.1. The van der Waals surface area contributed by atoms with Gasteiger partial charge in [0.15, 0.2) is 5.82 Å².